The van der Waals surface area contributed by atoms with E-state index in [2.05, 4.69) is 54.2 Å². The number of benzene rings is 1. The van der Waals surface area contributed by atoms with Gasteiger partial charge in [-0.3, -0.25) is 0 Å². The summed E-state index contributed by atoms with van der Waals surface area (Å²) in [5, 5.41) is 2.16. The van der Waals surface area contributed by atoms with Gasteiger partial charge in [0, 0.05) is 27.3 Å². The van der Waals surface area contributed by atoms with Crippen molar-refractivity contribution in [1.29, 1.82) is 0 Å². The molecule has 0 radical (unpaired) electrons. The molecule has 1 saturated carbocycles. The predicted octanol–water partition coefficient (Wildman–Crippen LogP) is 5.03. The maximum absolute atomic E-state index is 3.77. The normalized spacial score (nSPS) is 33.4. The molecule has 0 spiro atoms. The lowest BCUT2D eigenvalue weighted by Gasteiger charge is -2.38. The van der Waals surface area contributed by atoms with Crippen LogP contribution in [0.5, 0.6) is 0 Å². The Balaban J connectivity index is 2.00. The van der Waals surface area contributed by atoms with Crippen molar-refractivity contribution < 1.29 is 0 Å². The summed E-state index contributed by atoms with van der Waals surface area (Å²) >= 11 is 2.06. The maximum Gasteiger partial charge on any atom is 0.0459 e. The lowest BCUT2D eigenvalue weighted by molar-refractivity contribution is 0.219. The largest absolute Gasteiger partial charge is 0.358 e. The monoisotopic (exact) mass is 271 g/mol. The highest BCUT2D eigenvalue weighted by molar-refractivity contribution is 7.98. The number of H-pyrrole nitrogens is 1. The molecule has 2 aliphatic rings. The number of para-hydroxylation sites is 1. The highest BCUT2D eigenvalue weighted by Gasteiger charge is 2.51. The average molecular weight is 271 g/mol. The van der Waals surface area contributed by atoms with Crippen molar-refractivity contribution in [2.45, 2.75) is 43.3 Å². The van der Waals surface area contributed by atoms with Crippen molar-refractivity contribution in [3.8, 4) is 0 Å². The fraction of sp³-hybridized carbons (Fsp3) is 0.529. The fourth-order valence-electron chi connectivity index (χ4n) is 4.55. The Bertz CT molecular complexity index is 629. The van der Waals surface area contributed by atoms with E-state index in [4.69, 9.17) is 0 Å². The molecule has 0 aliphatic heterocycles. The second kappa shape index (κ2) is 4.05. The van der Waals surface area contributed by atoms with Gasteiger partial charge in [-0.2, -0.15) is 11.8 Å². The molecular formula is C17H21NS. The lowest BCUT2D eigenvalue weighted by atomic mass is 9.69. The Labute approximate surface area is 119 Å². The number of thioether (sulfide) groups is 1. The van der Waals surface area contributed by atoms with Crippen LogP contribution in [-0.4, -0.2) is 11.2 Å². The molecule has 1 aromatic carbocycles. The van der Waals surface area contributed by atoms with E-state index in [1.54, 1.807) is 11.3 Å². The molecule has 1 aromatic heterocycles. The van der Waals surface area contributed by atoms with E-state index < -0.39 is 0 Å². The minimum atomic E-state index is 0.389. The van der Waals surface area contributed by atoms with Crippen LogP contribution >= 0.6 is 11.8 Å². The zero-order valence-electron chi connectivity index (χ0n) is 11.7. The van der Waals surface area contributed by atoms with Crippen molar-refractivity contribution in [3.05, 3.63) is 35.5 Å². The summed E-state index contributed by atoms with van der Waals surface area (Å²) in [6.45, 7) is 2.50. The van der Waals surface area contributed by atoms with E-state index in [1.807, 2.05) is 0 Å². The molecule has 1 unspecified atom stereocenters. The molecule has 100 valence electrons. The third-order valence-corrected chi connectivity index (χ3v) is 6.57. The van der Waals surface area contributed by atoms with Gasteiger partial charge in [0.2, 0.25) is 0 Å². The van der Waals surface area contributed by atoms with Gasteiger partial charge in [-0.05, 0) is 36.6 Å². The standard InChI is InChI=1S/C17H21NS/c1-17-10-6-5-8-12(17)15(19-2)14-11-7-3-4-9-13(11)18-16(14)17/h3-4,7,9,12,15,18H,5-6,8,10H2,1-2H3/t12-,15?,17-/m1/s1. The molecule has 1 heterocycles. The van der Waals surface area contributed by atoms with E-state index in [0.717, 1.165) is 5.92 Å². The SMILES string of the molecule is CSC1c2c([nH]c3ccccc23)[C@]2(C)CCCC[C@H]12. The Hall–Kier alpha value is -0.890. The topological polar surface area (TPSA) is 15.8 Å². The Morgan fingerprint density at radius 1 is 1.26 bits per heavy atom. The number of hydrogen-bond donors (Lipinski definition) is 1. The van der Waals surface area contributed by atoms with Gasteiger partial charge in [0.05, 0.1) is 0 Å². The van der Waals surface area contributed by atoms with Crippen LogP contribution in [0, 0.1) is 5.92 Å². The van der Waals surface area contributed by atoms with Gasteiger partial charge in [-0.1, -0.05) is 38.0 Å². The predicted molar refractivity (Wildman–Crippen MR) is 83.9 cm³/mol. The molecule has 1 N–H and O–H groups in total. The molecule has 2 aliphatic carbocycles. The molecule has 0 bridgehead atoms. The highest BCUT2D eigenvalue weighted by atomic mass is 32.2. The Morgan fingerprint density at radius 2 is 2.11 bits per heavy atom. The number of fused-ring (bicyclic) bond motifs is 5. The Kier molecular flexibility index (Phi) is 2.54. The summed E-state index contributed by atoms with van der Waals surface area (Å²) in [6.07, 6.45) is 7.85. The van der Waals surface area contributed by atoms with Crippen molar-refractivity contribution in [1.82, 2.24) is 4.98 Å². The molecule has 0 amide bonds. The summed E-state index contributed by atoms with van der Waals surface area (Å²) in [6, 6.07) is 8.85. The smallest absolute Gasteiger partial charge is 0.0459 e. The lowest BCUT2D eigenvalue weighted by Crippen LogP contribution is -2.32. The summed E-state index contributed by atoms with van der Waals surface area (Å²) in [7, 11) is 0. The Morgan fingerprint density at radius 3 is 2.95 bits per heavy atom. The molecular weight excluding hydrogens is 250 g/mol. The van der Waals surface area contributed by atoms with E-state index in [0.29, 0.717) is 10.7 Å². The summed E-state index contributed by atoms with van der Waals surface area (Å²) in [4.78, 5) is 3.77. The first-order valence-electron chi connectivity index (χ1n) is 7.39. The number of rotatable bonds is 1. The minimum absolute atomic E-state index is 0.389. The molecule has 1 fully saturated rings. The van der Waals surface area contributed by atoms with Crippen LogP contribution in [0.1, 0.15) is 49.1 Å². The van der Waals surface area contributed by atoms with Gasteiger partial charge in [0.25, 0.3) is 0 Å². The van der Waals surface area contributed by atoms with Gasteiger partial charge < -0.3 is 4.98 Å². The van der Waals surface area contributed by atoms with Gasteiger partial charge in [-0.25, -0.2) is 0 Å². The van der Waals surface area contributed by atoms with Gasteiger partial charge in [-0.15, -0.1) is 0 Å². The molecule has 19 heavy (non-hydrogen) atoms. The minimum Gasteiger partial charge on any atom is -0.358 e. The fourth-order valence-corrected chi connectivity index (χ4v) is 5.79. The molecule has 3 atom stereocenters. The molecule has 4 rings (SSSR count). The third-order valence-electron chi connectivity index (χ3n) is 5.50. The van der Waals surface area contributed by atoms with E-state index in [1.165, 1.54) is 36.6 Å². The second-order valence-electron chi connectivity index (χ2n) is 6.39. The number of aromatic amines is 1. The molecule has 2 heteroatoms. The summed E-state index contributed by atoms with van der Waals surface area (Å²) in [5.74, 6) is 0.835. The molecule has 0 saturated heterocycles. The van der Waals surface area contributed by atoms with Crippen molar-refractivity contribution in [2.24, 2.45) is 5.92 Å². The van der Waals surface area contributed by atoms with Gasteiger partial charge in [0.1, 0.15) is 0 Å². The quantitative estimate of drug-likeness (QED) is 0.769. The van der Waals surface area contributed by atoms with Crippen LogP contribution in [-0.2, 0) is 5.41 Å². The van der Waals surface area contributed by atoms with Crippen LogP contribution in [0.4, 0.5) is 0 Å². The first kappa shape index (κ1) is 11.9. The zero-order valence-corrected chi connectivity index (χ0v) is 12.5. The van der Waals surface area contributed by atoms with Crippen molar-refractivity contribution >= 4 is 22.7 Å². The van der Waals surface area contributed by atoms with Crippen LogP contribution in [0.25, 0.3) is 10.9 Å². The van der Waals surface area contributed by atoms with E-state index in [-0.39, 0.29) is 0 Å². The van der Waals surface area contributed by atoms with Crippen LogP contribution in [0.2, 0.25) is 0 Å². The summed E-state index contributed by atoms with van der Waals surface area (Å²) < 4.78 is 0. The van der Waals surface area contributed by atoms with Crippen LogP contribution in [0.3, 0.4) is 0 Å². The number of aromatic nitrogens is 1. The van der Waals surface area contributed by atoms with Crippen LogP contribution in [0.15, 0.2) is 24.3 Å². The number of nitrogens with one attached hydrogen (secondary N) is 1. The maximum atomic E-state index is 3.77. The van der Waals surface area contributed by atoms with E-state index in [9.17, 15) is 0 Å². The first-order chi connectivity index (χ1) is 9.25. The average Bonchev–Trinajstić information content (AvgIpc) is 2.92. The number of hydrogen-bond acceptors (Lipinski definition) is 1. The van der Waals surface area contributed by atoms with Crippen LogP contribution < -0.4 is 0 Å². The van der Waals surface area contributed by atoms with Gasteiger partial charge >= 0.3 is 0 Å². The van der Waals surface area contributed by atoms with E-state index >= 15 is 0 Å². The molecule has 2 aromatic rings. The van der Waals surface area contributed by atoms with Crippen molar-refractivity contribution in [2.75, 3.05) is 6.26 Å². The second-order valence-corrected chi connectivity index (χ2v) is 7.36. The highest BCUT2D eigenvalue weighted by Crippen LogP contribution is 2.61. The van der Waals surface area contributed by atoms with Crippen molar-refractivity contribution in [3.63, 3.8) is 0 Å². The zero-order chi connectivity index (χ0) is 13.0. The molecule has 1 nitrogen and oxygen atoms in total. The summed E-state index contributed by atoms with van der Waals surface area (Å²) in [5.41, 5.74) is 4.90. The van der Waals surface area contributed by atoms with Gasteiger partial charge in [0.15, 0.2) is 0 Å². The third kappa shape index (κ3) is 1.44. The first-order valence-corrected chi connectivity index (χ1v) is 8.68.